The van der Waals surface area contributed by atoms with Gasteiger partial charge in [0.15, 0.2) is 0 Å². The molecule has 1 saturated heterocycles. The molecule has 0 aromatic carbocycles. The zero-order valence-corrected chi connectivity index (χ0v) is 8.34. The molecular weight excluding hydrogens is 150 g/mol. The quantitative estimate of drug-likeness (QED) is 0.598. The van der Waals surface area contributed by atoms with Gasteiger partial charge in [-0.05, 0) is 32.9 Å². The highest BCUT2D eigenvalue weighted by Crippen LogP contribution is 2.22. The molecule has 1 fully saturated rings. The molecule has 1 heterocycles. The Morgan fingerprint density at radius 1 is 1.67 bits per heavy atom. The van der Waals surface area contributed by atoms with Crippen LogP contribution in [0.15, 0.2) is 12.3 Å². The SMILES string of the molecule is C=C(C)OCC1C(C)CCN1C. The number of likely N-dealkylation sites (tertiary alicyclic amines) is 1. The molecular formula is C10H19NO. The molecule has 1 rings (SSSR count). The molecule has 1 aliphatic heterocycles. The molecule has 0 aliphatic carbocycles. The lowest BCUT2D eigenvalue weighted by Crippen LogP contribution is -2.32. The van der Waals surface area contributed by atoms with Gasteiger partial charge in [0.25, 0.3) is 0 Å². The second kappa shape index (κ2) is 3.94. The molecule has 0 amide bonds. The summed E-state index contributed by atoms with van der Waals surface area (Å²) in [6.45, 7) is 9.91. The zero-order chi connectivity index (χ0) is 9.14. The number of allylic oxidation sites excluding steroid dienone is 1. The van der Waals surface area contributed by atoms with Gasteiger partial charge in [-0.2, -0.15) is 0 Å². The number of ether oxygens (including phenoxy) is 1. The summed E-state index contributed by atoms with van der Waals surface area (Å²) in [6.07, 6.45) is 1.29. The van der Waals surface area contributed by atoms with E-state index in [1.54, 1.807) is 0 Å². The smallest absolute Gasteiger partial charge is 0.103 e. The lowest BCUT2D eigenvalue weighted by Gasteiger charge is -2.22. The Kier molecular flexibility index (Phi) is 3.15. The topological polar surface area (TPSA) is 12.5 Å². The molecule has 0 saturated carbocycles. The van der Waals surface area contributed by atoms with Crippen molar-refractivity contribution >= 4 is 0 Å². The number of hydrogen-bond acceptors (Lipinski definition) is 2. The molecule has 2 heteroatoms. The monoisotopic (exact) mass is 169 g/mol. The number of hydrogen-bond donors (Lipinski definition) is 0. The normalized spacial score (nSPS) is 30.6. The number of rotatable bonds is 3. The summed E-state index contributed by atoms with van der Waals surface area (Å²) in [6, 6.07) is 0.585. The third kappa shape index (κ3) is 2.24. The predicted molar refractivity (Wildman–Crippen MR) is 51.0 cm³/mol. The van der Waals surface area contributed by atoms with Crippen molar-refractivity contribution in [2.24, 2.45) is 5.92 Å². The van der Waals surface area contributed by atoms with E-state index in [1.807, 2.05) is 6.92 Å². The Morgan fingerprint density at radius 3 is 2.75 bits per heavy atom. The molecule has 2 atom stereocenters. The van der Waals surface area contributed by atoms with Crippen LogP contribution in [-0.4, -0.2) is 31.1 Å². The van der Waals surface area contributed by atoms with Gasteiger partial charge in [-0.3, -0.25) is 4.90 Å². The minimum absolute atomic E-state index is 0.585. The Balaban J connectivity index is 2.34. The summed E-state index contributed by atoms with van der Waals surface area (Å²) < 4.78 is 5.43. The average Bonchev–Trinajstić information content (AvgIpc) is 2.28. The molecule has 0 aromatic heterocycles. The summed E-state index contributed by atoms with van der Waals surface area (Å²) >= 11 is 0. The largest absolute Gasteiger partial charge is 0.497 e. The highest BCUT2D eigenvalue weighted by molar-refractivity contribution is 4.84. The summed E-state index contributed by atoms with van der Waals surface area (Å²) in [5.74, 6) is 1.58. The molecule has 0 N–H and O–H groups in total. The van der Waals surface area contributed by atoms with Crippen LogP contribution < -0.4 is 0 Å². The van der Waals surface area contributed by atoms with Crippen molar-refractivity contribution in [1.82, 2.24) is 4.90 Å². The Labute approximate surface area is 75.2 Å². The number of likely N-dealkylation sites (N-methyl/N-ethyl adjacent to an activating group) is 1. The molecule has 0 radical (unpaired) electrons. The zero-order valence-electron chi connectivity index (χ0n) is 8.34. The minimum Gasteiger partial charge on any atom is -0.497 e. The van der Waals surface area contributed by atoms with Crippen LogP contribution in [0.25, 0.3) is 0 Å². The fourth-order valence-corrected chi connectivity index (χ4v) is 1.72. The molecule has 0 spiro atoms. The van der Waals surface area contributed by atoms with Gasteiger partial charge in [0.1, 0.15) is 6.61 Å². The van der Waals surface area contributed by atoms with Crippen molar-refractivity contribution in [2.45, 2.75) is 26.3 Å². The van der Waals surface area contributed by atoms with Crippen molar-refractivity contribution in [3.63, 3.8) is 0 Å². The predicted octanol–water partition coefficient (Wildman–Crippen LogP) is 1.88. The molecule has 0 aromatic rings. The van der Waals surface area contributed by atoms with Gasteiger partial charge in [0.2, 0.25) is 0 Å². The second-order valence-corrected chi connectivity index (χ2v) is 3.83. The maximum absolute atomic E-state index is 5.43. The van der Waals surface area contributed by atoms with Crippen LogP contribution in [0.4, 0.5) is 0 Å². The highest BCUT2D eigenvalue weighted by Gasteiger charge is 2.28. The molecule has 2 unspecified atom stereocenters. The standard InChI is InChI=1S/C10H19NO/c1-8(2)12-7-10-9(3)5-6-11(10)4/h9-10H,1,5-7H2,2-4H3. The summed E-state index contributed by atoms with van der Waals surface area (Å²) in [5.41, 5.74) is 0. The second-order valence-electron chi connectivity index (χ2n) is 3.83. The summed E-state index contributed by atoms with van der Waals surface area (Å²) in [7, 11) is 2.16. The first-order valence-electron chi connectivity index (χ1n) is 4.60. The van der Waals surface area contributed by atoms with E-state index in [2.05, 4.69) is 25.5 Å². The average molecular weight is 169 g/mol. The van der Waals surface area contributed by atoms with Crippen molar-refractivity contribution in [2.75, 3.05) is 20.2 Å². The summed E-state index contributed by atoms with van der Waals surface area (Å²) in [4.78, 5) is 2.37. The first-order chi connectivity index (χ1) is 5.61. The van der Waals surface area contributed by atoms with Crippen LogP contribution in [0.1, 0.15) is 20.3 Å². The molecule has 1 aliphatic rings. The van der Waals surface area contributed by atoms with E-state index in [9.17, 15) is 0 Å². The van der Waals surface area contributed by atoms with E-state index < -0.39 is 0 Å². The Hall–Kier alpha value is -0.500. The lowest BCUT2D eigenvalue weighted by molar-refractivity contribution is 0.124. The lowest BCUT2D eigenvalue weighted by atomic mass is 10.0. The summed E-state index contributed by atoms with van der Waals surface area (Å²) in [5, 5.41) is 0. The van der Waals surface area contributed by atoms with Gasteiger partial charge in [-0.25, -0.2) is 0 Å². The van der Waals surface area contributed by atoms with Crippen molar-refractivity contribution in [3.05, 3.63) is 12.3 Å². The Bertz CT molecular complexity index is 157. The maximum atomic E-state index is 5.43. The van der Waals surface area contributed by atoms with Crippen molar-refractivity contribution in [1.29, 1.82) is 0 Å². The minimum atomic E-state index is 0.585. The van der Waals surface area contributed by atoms with Gasteiger partial charge < -0.3 is 4.74 Å². The van der Waals surface area contributed by atoms with Gasteiger partial charge in [0.05, 0.1) is 5.76 Å². The van der Waals surface area contributed by atoms with Gasteiger partial charge >= 0.3 is 0 Å². The van der Waals surface area contributed by atoms with E-state index in [-0.39, 0.29) is 0 Å². The first-order valence-corrected chi connectivity index (χ1v) is 4.60. The van der Waals surface area contributed by atoms with Crippen LogP contribution in [0.5, 0.6) is 0 Å². The number of nitrogens with zero attached hydrogens (tertiary/aromatic N) is 1. The van der Waals surface area contributed by atoms with Crippen LogP contribution in [-0.2, 0) is 4.74 Å². The van der Waals surface area contributed by atoms with Crippen molar-refractivity contribution in [3.8, 4) is 0 Å². The van der Waals surface area contributed by atoms with Crippen LogP contribution in [0.3, 0.4) is 0 Å². The van der Waals surface area contributed by atoms with E-state index in [0.29, 0.717) is 6.04 Å². The van der Waals surface area contributed by atoms with Crippen LogP contribution >= 0.6 is 0 Å². The fourth-order valence-electron chi connectivity index (χ4n) is 1.72. The van der Waals surface area contributed by atoms with Gasteiger partial charge in [-0.15, -0.1) is 0 Å². The van der Waals surface area contributed by atoms with Crippen LogP contribution in [0.2, 0.25) is 0 Å². The van der Waals surface area contributed by atoms with E-state index in [1.165, 1.54) is 13.0 Å². The first kappa shape index (κ1) is 9.59. The van der Waals surface area contributed by atoms with Gasteiger partial charge in [-0.1, -0.05) is 13.5 Å². The van der Waals surface area contributed by atoms with Crippen molar-refractivity contribution < 1.29 is 4.74 Å². The molecule has 70 valence electrons. The molecule has 12 heavy (non-hydrogen) atoms. The highest BCUT2D eigenvalue weighted by atomic mass is 16.5. The van der Waals surface area contributed by atoms with E-state index in [0.717, 1.165) is 18.3 Å². The Morgan fingerprint density at radius 2 is 2.33 bits per heavy atom. The van der Waals surface area contributed by atoms with Crippen LogP contribution in [0, 0.1) is 5.92 Å². The molecule has 2 nitrogen and oxygen atoms in total. The maximum Gasteiger partial charge on any atom is 0.103 e. The third-order valence-electron chi connectivity index (χ3n) is 2.66. The van der Waals surface area contributed by atoms with E-state index >= 15 is 0 Å². The third-order valence-corrected chi connectivity index (χ3v) is 2.66. The fraction of sp³-hybridized carbons (Fsp3) is 0.800. The molecule has 0 bridgehead atoms. The van der Waals surface area contributed by atoms with Gasteiger partial charge in [0, 0.05) is 6.04 Å². The van der Waals surface area contributed by atoms with E-state index in [4.69, 9.17) is 4.74 Å².